The van der Waals surface area contributed by atoms with E-state index in [2.05, 4.69) is 24.9 Å². The second-order valence-corrected chi connectivity index (χ2v) is 3.68. The molecule has 0 aromatic heterocycles. The van der Waals surface area contributed by atoms with Crippen LogP contribution in [0.1, 0.15) is 20.8 Å². The van der Waals surface area contributed by atoms with Gasteiger partial charge in [-0.2, -0.15) is 0 Å². The minimum atomic E-state index is 1.27. The lowest BCUT2D eigenvalue weighted by Gasteiger charge is -1.97. The average Bonchev–Trinajstić information content (AvgIpc) is 2.00. The van der Waals surface area contributed by atoms with Gasteiger partial charge in [0.25, 0.3) is 0 Å². The first kappa shape index (κ1) is 10.5. The molecule has 0 unspecified atom stereocenters. The van der Waals surface area contributed by atoms with Crippen molar-refractivity contribution in [3.8, 4) is 0 Å². The van der Waals surface area contributed by atoms with E-state index in [4.69, 9.17) is 0 Å². The number of hydrogen-bond donors (Lipinski definition) is 0. The average molecular weight is 169 g/mol. The highest BCUT2D eigenvalue weighted by Crippen LogP contribution is 2.23. The van der Waals surface area contributed by atoms with E-state index < -0.39 is 0 Å². The van der Waals surface area contributed by atoms with Gasteiger partial charge in [0.15, 0.2) is 0 Å². The van der Waals surface area contributed by atoms with Crippen molar-refractivity contribution in [2.45, 2.75) is 20.8 Å². The van der Waals surface area contributed by atoms with Crippen molar-refractivity contribution in [1.82, 2.24) is 0 Å². The number of hydrogen-bond acceptors (Lipinski definition) is 2. The van der Waals surface area contributed by atoms with Gasteiger partial charge in [-0.1, -0.05) is 17.8 Å². The number of thioether (sulfide) groups is 1. The summed E-state index contributed by atoms with van der Waals surface area (Å²) in [6.45, 7) is 6.23. The molecule has 0 rings (SSSR count). The van der Waals surface area contributed by atoms with Gasteiger partial charge in [0.1, 0.15) is 0 Å². The summed E-state index contributed by atoms with van der Waals surface area (Å²) >= 11 is 1.77. The van der Waals surface area contributed by atoms with Crippen LogP contribution in [0.3, 0.4) is 0 Å². The SMILES string of the molecule is C/C=C(/C)S/C(C)=C/C=NC. The van der Waals surface area contributed by atoms with E-state index in [1.54, 1.807) is 18.8 Å². The molecule has 0 saturated carbocycles. The van der Waals surface area contributed by atoms with Crippen molar-refractivity contribution < 1.29 is 0 Å². The molecule has 11 heavy (non-hydrogen) atoms. The first-order valence-electron chi connectivity index (χ1n) is 3.60. The predicted molar refractivity (Wildman–Crippen MR) is 55.2 cm³/mol. The molecule has 0 aliphatic carbocycles. The van der Waals surface area contributed by atoms with Gasteiger partial charge in [-0.25, -0.2) is 0 Å². The van der Waals surface area contributed by atoms with E-state index in [9.17, 15) is 0 Å². The fourth-order valence-corrected chi connectivity index (χ4v) is 1.28. The third-order valence-corrected chi connectivity index (χ3v) is 2.20. The Hall–Kier alpha value is -0.500. The van der Waals surface area contributed by atoms with Crippen LogP contribution in [0.25, 0.3) is 0 Å². The van der Waals surface area contributed by atoms with Crippen molar-refractivity contribution >= 4 is 18.0 Å². The summed E-state index contributed by atoms with van der Waals surface area (Å²) in [5, 5.41) is 0. The Morgan fingerprint density at radius 2 is 1.91 bits per heavy atom. The van der Waals surface area contributed by atoms with Gasteiger partial charge >= 0.3 is 0 Å². The van der Waals surface area contributed by atoms with Crippen LogP contribution in [0.15, 0.2) is 27.0 Å². The Labute approximate surface area is 73.3 Å². The first-order valence-corrected chi connectivity index (χ1v) is 4.42. The molecule has 0 aliphatic heterocycles. The maximum absolute atomic E-state index is 3.87. The maximum atomic E-state index is 3.87. The van der Waals surface area contributed by atoms with E-state index in [-0.39, 0.29) is 0 Å². The van der Waals surface area contributed by atoms with Crippen LogP contribution < -0.4 is 0 Å². The van der Waals surface area contributed by atoms with E-state index in [1.165, 1.54) is 9.81 Å². The molecule has 62 valence electrons. The zero-order valence-electron chi connectivity index (χ0n) is 7.59. The van der Waals surface area contributed by atoms with Crippen LogP contribution in [-0.2, 0) is 0 Å². The van der Waals surface area contributed by atoms with Crippen LogP contribution in [0.4, 0.5) is 0 Å². The van der Waals surface area contributed by atoms with Crippen molar-refractivity contribution in [2.24, 2.45) is 4.99 Å². The van der Waals surface area contributed by atoms with Gasteiger partial charge in [-0.3, -0.25) is 4.99 Å². The van der Waals surface area contributed by atoms with Crippen LogP contribution in [-0.4, -0.2) is 13.3 Å². The summed E-state index contributed by atoms with van der Waals surface area (Å²) in [7, 11) is 1.77. The Morgan fingerprint density at radius 1 is 1.27 bits per heavy atom. The lowest BCUT2D eigenvalue weighted by Crippen LogP contribution is -1.71. The van der Waals surface area contributed by atoms with Gasteiger partial charge in [0.05, 0.1) is 0 Å². The topological polar surface area (TPSA) is 12.4 Å². The second-order valence-electron chi connectivity index (χ2n) is 2.19. The summed E-state index contributed by atoms with van der Waals surface area (Å²) in [6.07, 6.45) is 5.92. The van der Waals surface area contributed by atoms with E-state index in [0.717, 1.165) is 0 Å². The second kappa shape index (κ2) is 6.23. The molecule has 0 fully saturated rings. The molecular weight excluding hydrogens is 154 g/mol. The summed E-state index contributed by atoms with van der Waals surface area (Å²) in [5.74, 6) is 0. The van der Waals surface area contributed by atoms with Crippen LogP contribution >= 0.6 is 11.8 Å². The summed E-state index contributed by atoms with van der Waals surface area (Å²) in [4.78, 5) is 6.47. The number of aliphatic imine (C=N–C) groups is 1. The molecule has 0 N–H and O–H groups in total. The number of rotatable bonds is 3. The number of nitrogens with zero attached hydrogens (tertiary/aromatic N) is 1. The summed E-state index contributed by atoms with van der Waals surface area (Å²) in [6, 6.07) is 0. The van der Waals surface area contributed by atoms with Crippen molar-refractivity contribution in [2.75, 3.05) is 7.05 Å². The van der Waals surface area contributed by atoms with Crippen molar-refractivity contribution in [1.29, 1.82) is 0 Å². The normalized spacial score (nSPS) is 14.5. The summed E-state index contributed by atoms with van der Waals surface area (Å²) in [5.41, 5.74) is 0. The highest BCUT2D eigenvalue weighted by atomic mass is 32.2. The lowest BCUT2D eigenvalue weighted by molar-refractivity contribution is 1.47. The molecule has 0 bridgehead atoms. The molecule has 0 aliphatic rings. The molecule has 2 heteroatoms. The van der Waals surface area contributed by atoms with Crippen molar-refractivity contribution in [3.63, 3.8) is 0 Å². The van der Waals surface area contributed by atoms with Gasteiger partial charge < -0.3 is 0 Å². The maximum Gasteiger partial charge on any atom is 0.0277 e. The van der Waals surface area contributed by atoms with Gasteiger partial charge in [0.2, 0.25) is 0 Å². The fourth-order valence-electron chi connectivity index (χ4n) is 0.526. The zero-order chi connectivity index (χ0) is 8.69. The fraction of sp³-hybridized carbons (Fsp3) is 0.444. The van der Waals surface area contributed by atoms with E-state index in [1.807, 2.05) is 19.2 Å². The van der Waals surface area contributed by atoms with Crippen molar-refractivity contribution in [3.05, 3.63) is 22.0 Å². The van der Waals surface area contributed by atoms with Gasteiger partial charge in [-0.15, -0.1) is 0 Å². The van der Waals surface area contributed by atoms with E-state index >= 15 is 0 Å². The quantitative estimate of drug-likeness (QED) is 0.591. The lowest BCUT2D eigenvalue weighted by atomic mass is 10.5. The standard InChI is InChI=1S/C9H15NS/c1-5-8(2)11-9(3)6-7-10-4/h5-7H,1-4H3/b8-5-,9-6+,10-7?. The largest absolute Gasteiger partial charge is 0.296 e. The smallest absolute Gasteiger partial charge is 0.0277 e. The molecule has 0 heterocycles. The molecule has 0 aromatic rings. The van der Waals surface area contributed by atoms with Gasteiger partial charge in [-0.05, 0) is 36.7 Å². The minimum Gasteiger partial charge on any atom is -0.296 e. The molecule has 0 saturated heterocycles. The van der Waals surface area contributed by atoms with Gasteiger partial charge in [0, 0.05) is 13.3 Å². The molecule has 0 amide bonds. The number of allylic oxidation sites excluding steroid dienone is 4. The third kappa shape index (κ3) is 5.92. The first-order chi connectivity index (χ1) is 5.20. The Balaban J connectivity index is 3.96. The Morgan fingerprint density at radius 3 is 2.36 bits per heavy atom. The van der Waals surface area contributed by atoms with Crippen LogP contribution in [0.5, 0.6) is 0 Å². The van der Waals surface area contributed by atoms with Crippen LogP contribution in [0.2, 0.25) is 0 Å². The highest BCUT2D eigenvalue weighted by molar-refractivity contribution is 8.06. The zero-order valence-corrected chi connectivity index (χ0v) is 8.40. The minimum absolute atomic E-state index is 1.27. The molecule has 0 radical (unpaired) electrons. The van der Waals surface area contributed by atoms with Crippen LogP contribution in [0, 0.1) is 0 Å². The predicted octanol–water partition coefficient (Wildman–Crippen LogP) is 3.25. The molecule has 0 aromatic carbocycles. The molecule has 0 atom stereocenters. The molecule has 0 spiro atoms. The monoisotopic (exact) mass is 169 g/mol. The molecule has 1 nitrogen and oxygen atoms in total. The Bertz CT molecular complexity index is 190. The molecular formula is C9H15NS. The highest BCUT2D eigenvalue weighted by Gasteiger charge is 1.89. The Kier molecular flexibility index (Phi) is 5.94. The van der Waals surface area contributed by atoms with E-state index in [0.29, 0.717) is 0 Å². The summed E-state index contributed by atoms with van der Waals surface area (Å²) < 4.78 is 0. The third-order valence-electron chi connectivity index (χ3n) is 1.19.